The third-order valence-electron chi connectivity index (χ3n) is 2.69. The van der Waals surface area contributed by atoms with Crippen molar-refractivity contribution in [3.8, 4) is 0 Å². The molecule has 0 radical (unpaired) electrons. The summed E-state index contributed by atoms with van der Waals surface area (Å²) in [5.74, 6) is 0. The number of hydrogen-bond donors (Lipinski definition) is 1. The second kappa shape index (κ2) is 5.34. The first kappa shape index (κ1) is 12.8. The van der Waals surface area contributed by atoms with Crippen molar-refractivity contribution in [3.63, 3.8) is 0 Å². The third-order valence-corrected chi connectivity index (χ3v) is 2.69. The number of hydrogen-bond acceptors (Lipinski definition) is 4. The molecule has 0 aliphatic carbocycles. The van der Waals surface area contributed by atoms with Gasteiger partial charge in [0.15, 0.2) is 0 Å². The summed E-state index contributed by atoms with van der Waals surface area (Å²) >= 11 is 0. The predicted octanol–water partition coefficient (Wildman–Crippen LogP) is 2.04. The minimum absolute atomic E-state index is 0.218. The smallest absolute Gasteiger partial charge is 0.313 e. The van der Waals surface area contributed by atoms with Gasteiger partial charge in [0.2, 0.25) is 0 Å². The van der Waals surface area contributed by atoms with E-state index in [0.29, 0.717) is 12.2 Å². The Hall–Kier alpha value is -2.63. The highest BCUT2D eigenvalue weighted by Crippen LogP contribution is 2.06. The summed E-state index contributed by atoms with van der Waals surface area (Å²) in [7, 11) is 0. The molecule has 1 N–H and O–H groups in total. The molecule has 0 unspecified atom stereocenters. The summed E-state index contributed by atoms with van der Waals surface area (Å²) in [5.41, 5.74) is 1.23. The van der Waals surface area contributed by atoms with Crippen LogP contribution in [-0.2, 0) is 6.54 Å². The van der Waals surface area contributed by atoms with Crippen LogP contribution in [0.3, 0.4) is 0 Å². The molecule has 0 saturated carbocycles. The van der Waals surface area contributed by atoms with E-state index >= 15 is 0 Å². The number of rotatable bonds is 3. The maximum absolute atomic E-state index is 10.9. The summed E-state index contributed by atoms with van der Waals surface area (Å²) in [6.07, 6.45) is 1.05. The minimum Gasteiger partial charge on any atom is -0.429 e. The molecule has 0 aliphatic rings. The average molecular weight is 259 g/mol. The van der Waals surface area contributed by atoms with Crippen LogP contribution in [0.2, 0.25) is 0 Å². The normalized spacial score (nSPS) is 11.5. The lowest BCUT2D eigenvalue weighted by Crippen LogP contribution is -2.14. The van der Waals surface area contributed by atoms with Crippen molar-refractivity contribution in [2.75, 3.05) is 0 Å². The van der Waals surface area contributed by atoms with Crippen LogP contribution in [0.4, 0.5) is 5.69 Å². The largest absolute Gasteiger partial charge is 0.429 e. The van der Waals surface area contributed by atoms with Gasteiger partial charge < -0.3 is 5.21 Å². The van der Waals surface area contributed by atoms with Crippen LogP contribution >= 0.6 is 0 Å². The molecule has 0 saturated heterocycles. The molecule has 0 aliphatic heterocycles. The molecule has 0 bridgehead atoms. The molecule has 1 heterocycles. The number of benzene rings is 1. The summed E-state index contributed by atoms with van der Waals surface area (Å²) < 4.78 is 0.722. The van der Waals surface area contributed by atoms with E-state index in [1.165, 1.54) is 6.07 Å². The van der Waals surface area contributed by atoms with Gasteiger partial charge in [0, 0.05) is 0 Å². The van der Waals surface area contributed by atoms with Crippen molar-refractivity contribution in [1.29, 1.82) is 0 Å². The Bertz CT molecular complexity index is 663. The molecule has 2 rings (SSSR count). The monoisotopic (exact) mass is 259 g/mol. The number of aromatic nitrogens is 1. The molecule has 0 spiro atoms. The van der Waals surface area contributed by atoms with Crippen LogP contribution in [0, 0.1) is 17.0 Å². The number of pyridine rings is 1. The van der Waals surface area contributed by atoms with Gasteiger partial charge in [-0.2, -0.15) is 4.73 Å². The Morgan fingerprint density at radius 3 is 2.68 bits per heavy atom. The Morgan fingerprint density at radius 1 is 1.37 bits per heavy atom. The van der Waals surface area contributed by atoms with Crippen LogP contribution in [0.5, 0.6) is 0 Å². The summed E-state index contributed by atoms with van der Waals surface area (Å²) in [6.45, 7) is 2.00. The Kier molecular flexibility index (Phi) is 3.61. The zero-order valence-corrected chi connectivity index (χ0v) is 10.4. The fourth-order valence-electron chi connectivity index (χ4n) is 1.65. The van der Waals surface area contributed by atoms with E-state index in [2.05, 4.69) is 4.99 Å². The average Bonchev–Trinajstić information content (AvgIpc) is 2.40. The summed E-state index contributed by atoms with van der Waals surface area (Å²) in [6, 6.07) is 11.0. The maximum atomic E-state index is 10.9. The van der Waals surface area contributed by atoms with Crippen molar-refractivity contribution < 1.29 is 10.1 Å². The number of nitrogens with zero attached hydrogens (tertiary/aromatic N) is 3. The maximum Gasteiger partial charge on any atom is 0.313 e. The first-order valence-electron chi connectivity index (χ1n) is 5.69. The highest BCUT2D eigenvalue weighted by atomic mass is 16.6. The second-order valence-corrected chi connectivity index (χ2v) is 4.09. The zero-order chi connectivity index (χ0) is 13.8. The number of nitro groups is 1. The second-order valence-electron chi connectivity index (χ2n) is 4.09. The van der Waals surface area contributed by atoms with E-state index in [4.69, 9.17) is 0 Å². The Labute approximate surface area is 109 Å². The SMILES string of the molecule is Cc1cc(=NCc2ccccc2)c([N+](=O)[O-])cn1O. The van der Waals surface area contributed by atoms with E-state index < -0.39 is 4.92 Å². The van der Waals surface area contributed by atoms with E-state index in [-0.39, 0.29) is 11.0 Å². The fraction of sp³-hybridized carbons (Fsp3) is 0.154. The summed E-state index contributed by atoms with van der Waals surface area (Å²) in [4.78, 5) is 14.6. The standard InChI is InChI=1S/C13H13N3O3/c1-10-7-12(13(16(18)19)9-15(10)17)14-8-11-5-3-2-4-6-11/h2-7,9,17H,8H2,1H3. The van der Waals surface area contributed by atoms with Gasteiger partial charge in [-0.1, -0.05) is 30.3 Å². The minimum atomic E-state index is -0.560. The first-order chi connectivity index (χ1) is 9.08. The third kappa shape index (κ3) is 2.98. The van der Waals surface area contributed by atoms with Crippen molar-refractivity contribution in [2.24, 2.45) is 4.99 Å². The fourth-order valence-corrected chi connectivity index (χ4v) is 1.65. The van der Waals surface area contributed by atoms with Crippen LogP contribution in [0.1, 0.15) is 11.3 Å². The lowest BCUT2D eigenvalue weighted by molar-refractivity contribution is -0.387. The van der Waals surface area contributed by atoms with Gasteiger partial charge >= 0.3 is 5.69 Å². The zero-order valence-electron chi connectivity index (χ0n) is 10.4. The molecule has 6 heteroatoms. The van der Waals surface area contributed by atoms with Gasteiger partial charge in [0.1, 0.15) is 11.6 Å². The van der Waals surface area contributed by atoms with Crippen molar-refractivity contribution in [1.82, 2.24) is 4.73 Å². The Balaban J connectivity index is 2.43. The van der Waals surface area contributed by atoms with Gasteiger partial charge in [-0.15, -0.1) is 0 Å². The molecular weight excluding hydrogens is 246 g/mol. The molecule has 98 valence electrons. The van der Waals surface area contributed by atoms with E-state index in [1.807, 2.05) is 30.3 Å². The van der Waals surface area contributed by atoms with Gasteiger partial charge in [0.05, 0.1) is 17.2 Å². The Morgan fingerprint density at radius 2 is 2.05 bits per heavy atom. The van der Waals surface area contributed by atoms with E-state index in [0.717, 1.165) is 16.5 Å². The molecule has 6 nitrogen and oxygen atoms in total. The van der Waals surface area contributed by atoms with Gasteiger partial charge in [-0.3, -0.25) is 15.1 Å². The first-order valence-corrected chi connectivity index (χ1v) is 5.69. The topological polar surface area (TPSA) is 80.7 Å². The van der Waals surface area contributed by atoms with Crippen molar-refractivity contribution in [2.45, 2.75) is 13.5 Å². The molecular formula is C13H13N3O3. The molecule has 2 aromatic rings. The predicted molar refractivity (Wildman–Crippen MR) is 68.7 cm³/mol. The summed E-state index contributed by atoms with van der Waals surface area (Å²) in [5, 5.41) is 20.6. The van der Waals surface area contributed by atoms with Crippen molar-refractivity contribution >= 4 is 5.69 Å². The van der Waals surface area contributed by atoms with Crippen LogP contribution < -0.4 is 5.36 Å². The molecule has 1 aromatic heterocycles. The molecule has 0 atom stereocenters. The van der Waals surface area contributed by atoms with Gasteiger partial charge in [-0.05, 0) is 18.6 Å². The van der Waals surface area contributed by atoms with E-state index in [1.54, 1.807) is 6.92 Å². The van der Waals surface area contributed by atoms with Crippen LogP contribution in [-0.4, -0.2) is 14.9 Å². The molecule has 19 heavy (non-hydrogen) atoms. The number of aryl methyl sites for hydroxylation is 1. The van der Waals surface area contributed by atoms with E-state index in [9.17, 15) is 15.3 Å². The van der Waals surface area contributed by atoms with Gasteiger partial charge in [0.25, 0.3) is 0 Å². The molecule has 0 amide bonds. The molecule has 0 fully saturated rings. The highest BCUT2D eigenvalue weighted by molar-refractivity contribution is 5.27. The van der Waals surface area contributed by atoms with Gasteiger partial charge in [-0.25, -0.2) is 0 Å². The lowest BCUT2D eigenvalue weighted by Gasteiger charge is -2.02. The molecule has 1 aromatic carbocycles. The van der Waals surface area contributed by atoms with Crippen LogP contribution in [0.15, 0.2) is 47.6 Å². The quantitative estimate of drug-likeness (QED) is 0.520. The van der Waals surface area contributed by atoms with Crippen LogP contribution in [0.25, 0.3) is 0 Å². The van der Waals surface area contributed by atoms with Crippen molar-refractivity contribution in [3.05, 3.63) is 69.3 Å². The highest BCUT2D eigenvalue weighted by Gasteiger charge is 2.11. The lowest BCUT2D eigenvalue weighted by atomic mass is 10.2.